The van der Waals surface area contributed by atoms with E-state index in [4.69, 9.17) is 4.74 Å². The van der Waals surface area contributed by atoms with Gasteiger partial charge in [0.05, 0.1) is 13.2 Å². The minimum atomic E-state index is -1.08. The Labute approximate surface area is 124 Å². The van der Waals surface area contributed by atoms with E-state index in [-0.39, 0.29) is 12.3 Å². The van der Waals surface area contributed by atoms with Gasteiger partial charge < -0.3 is 4.74 Å². The molecule has 1 rings (SSSR count). The predicted octanol–water partition coefficient (Wildman–Crippen LogP) is 2.38. The second-order valence-electron chi connectivity index (χ2n) is 5.34. The number of thiophene rings is 1. The summed E-state index contributed by atoms with van der Waals surface area (Å²) in [7, 11) is 1.90. The van der Waals surface area contributed by atoms with Crippen LogP contribution in [0.15, 0.2) is 17.5 Å². The highest BCUT2D eigenvalue weighted by Crippen LogP contribution is 2.19. The molecule has 0 N–H and O–H groups in total. The quantitative estimate of drug-likeness (QED) is 0.546. The van der Waals surface area contributed by atoms with Crippen LogP contribution in [0.4, 0.5) is 0 Å². The van der Waals surface area contributed by atoms with E-state index in [1.165, 1.54) is 4.88 Å². The van der Waals surface area contributed by atoms with Crippen molar-refractivity contribution < 1.29 is 14.3 Å². The van der Waals surface area contributed by atoms with Crippen LogP contribution in [0.25, 0.3) is 0 Å². The van der Waals surface area contributed by atoms with Crippen LogP contribution in [0.1, 0.15) is 25.6 Å². The molecule has 0 aliphatic rings. The molecule has 0 bridgehead atoms. The van der Waals surface area contributed by atoms with E-state index in [1.54, 1.807) is 32.1 Å². The fourth-order valence-corrected chi connectivity index (χ4v) is 2.40. The fraction of sp³-hybridized carbons (Fsp3) is 0.600. The minimum absolute atomic E-state index is 0.107. The molecule has 4 nitrogen and oxygen atoms in total. The van der Waals surface area contributed by atoms with Crippen LogP contribution in [-0.2, 0) is 20.7 Å². The first-order chi connectivity index (χ1) is 9.37. The summed E-state index contributed by atoms with van der Waals surface area (Å²) in [6.45, 7) is 6.35. The van der Waals surface area contributed by atoms with E-state index in [1.807, 2.05) is 23.4 Å². The number of hydrogen-bond acceptors (Lipinski definition) is 5. The number of nitrogens with zero attached hydrogens (tertiary/aromatic N) is 1. The van der Waals surface area contributed by atoms with Crippen LogP contribution in [0.3, 0.4) is 0 Å². The zero-order chi connectivity index (χ0) is 15.2. The summed E-state index contributed by atoms with van der Waals surface area (Å²) >= 11 is 1.72. The van der Waals surface area contributed by atoms with Gasteiger partial charge in [0.2, 0.25) is 0 Å². The normalized spacial score (nSPS) is 11.7. The van der Waals surface area contributed by atoms with Crippen LogP contribution in [-0.4, -0.2) is 43.4 Å². The Kier molecular flexibility index (Phi) is 6.36. The van der Waals surface area contributed by atoms with Crippen molar-refractivity contribution >= 4 is 23.1 Å². The van der Waals surface area contributed by atoms with E-state index >= 15 is 0 Å². The summed E-state index contributed by atoms with van der Waals surface area (Å²) in [5, 5.41) is 2.05. The molecule has 1 aromatic heterocycles. The second kappa shape index (κ2) is 7.55. The van der Waals surface area contributed by atoms with Crippen molar-refractivity contribution in [3.05, 3.63) is 22.4 Å². The molecule has 0 saturated heterocycles. The molecule has 20 heavy (non-hydrogen) atoms. The third-order valence-electron chi connectivity index (χ3n) is 3.22. The van der Waals surface area contributed by atoms with E-state index in [9.17, 15) is 9.59 Å². The van der Waals surface area contributed by atoms with Gasteiger partial charge in [0.15, 0.2) is 5.78 Å². The summed E-state index contributed by atoms with van der Waals surface area (Å²) in [4.78, 5) is 27.2. The maximum atomic E-state index is 12.2. The lowest BCUT2D eigenvalue weighted by Crippen LogP contribution is -2.41. The van der Waals surface area contributed by atoms with Crippen LogP contribution >= 0.6 is 11.3 Å². The first-order valence-corrected chi connectivity index (χ1v) is 7.67. The largest absolute Gasteiger partial charge is 0.465 e. The molecule has 112 valence electrons. The van der Waals surface area contributed by atoms with Gasteiger partial charge in [-0.2, -0.15) is 0 Å². The van der Waals surface area contributed by atoms with E-state index in [0.29, 0.717) is 6.61 Å². The lowest BCUT2D eigenvalue weighted by molar-refractivity contribution is -0.158. The third-order valence-corrected chi connectivity index (χ3v) is 4.15. The zero-order valence-electron chi connectivity index (χ0n) is 12.6. The maximum Gasteiger partial charge on any atom is 0.319 e. The Balaban J connectivity index is 2.45. The van der Waals surface area contributed by atoms with Crippen molar-refractivity contribution in [1.29, 1.82) is 0 Å². The lowest BCUT2D eigenvalue weighted by Gasteiger charge is -2.24. The molecule has 0 saturated carbocycles. The highest BCUT2D eigenvalue weighted by molar-refractivity contribution is 7.09. The number of carbonyl (C=O) groups is 2. The summed E-state index contributed by atoms with van der Waals surface area (Å²) in [5.74, 6) is -0.554. The summed E-state index contributed by atoms with van der Waals surface area (Å²) < 4.78 is 4.95. The van der Waals surface area contributed by atoms with Gasteiger partial charge in [-0.05, 0) is 45.7 Å². The standard InChI is InChI=1S/C15H23NO3S/c1-5-19-14(18)15(2,3)13(17)11-16(4)9-8-12-7-6-10-20-12/h6-7,10H,5,8-9,11H2,1-4H3. The van der Waals surface area contributed by atoms with Crippen LogP contribution in [0.2, 0.25) is 0 Å². The molecule has 0 radical (unpaired) electrons. The Morgan fingerprint density at radius 3 is 2.65 bits per heavy atom. The molecule has 0 atom stereocenters. The number of esters is 1. The smallest absolute Gasteiger partial charge is 0.319 e. The van der Waals surface area contributed by atoms with E-state index in [0.717, 1.165) is 13.0 Å². The fourth-order valence-electron chi connectivity index (χ4n) is 1.70. The van der Waals surface area contributed by atoms with Crippen molar-refractivity contribution in [2.75, 3.05) is 26.7 Å². The Morgan fingerprint density at radius 1 is 1.40 bits per heavy atom. The van der Waals surface area contributed by atoms with Gasteiger partial charge in [0.25, 0.3) is 0 Å². The Morgan fingerprint density at radius 2 is 2.10 bits per heavy atom. The molecule has 0 amide bonds. The average Bonchev–Trinajstić information content (AvgIpc) is 2.89. The molecule has 0 spiro atoms. The number of likely N-dealkylation sites (N-methyl/N-ethyl adjacent to an activating group) is 1. The van der Waals surface area contributed by atoms with Crippen molar-refractivity contribution in [2.45, 2.75) is 27.2 Å². The number of ether oxygens (including phenoxy) is 1. The topological polar surface area (TPSA) is 46.6 Å². The number of ketones is 1. The monoisotopic (exact) mass is 297 g/mol. The highest BCUT2D eigenvalue weighted by atomic mass is 32.1. The summed E-state index contributed by atoms with van der Waals surface area (Å²) in [5.41, 5.74) is -1.08. The molecule has 0 aliphatic heterocycles. The van der Waals surface area contributed by atoms with E-state index < -0.39 is 11.4 Å². The molecule has 0 aliphatic carbocycles. The van der Waals surface area contributed by atoms with E-state index in [2.05, 4.69) is 6.07 Å². The van der Waals surface area contributed by atoms with Gasteiger partial charge in [-0.1, -0.05) is 6.07 Å². The van der Waals surface area contributed by atoms with Gasteiger partial charge in [-0.25, -0.2) is 0 Å². The number of Topliss-reactive ketones (excluding diaryl/α,β-unsaturated/α-hetero) is 1. The lowest BCUT2D eigenvalue weighted by atomic mass is 9.88. The molecule has 0 fully saturated rings. The van der Waals surface area contributed by atoms with Gasteiger partial charge in [-0.15, -0.1) is 11.3 Å². The van der Waals surface area contributed by atoms with Crippen molar-refractivity contribution in [3.8, 4) is 0 Å². The van der Waals surface area contributed by atoms with Gasteiger partial charge in [-0.3, -0.25) is 14.5 Å². The molecular weight excluding hydrogens is 274 g/mol. The molecule has 1 heterocycles. The zero-order valence-corrected chi connectivity index (χ0v) is 13.5. The van der Waals surface area contributed by atoms with Crippen molar-refractivity contribution in [2.24, 2.45) is 5.41 Å². The molecule has 5 heteroatoms. The first-order valence-electron chi connectivity index (χ1n) is 6.79. The predicted molar refractivity (Wildman–Crippen MR) is 80.9 cm³/mol. The minimum Gasteiger partial charge on any atom is -0.465 e. The number of hydrogen-bond donors (Lipinski definition) is 0. The van der Waals surface area contributed by atoms with Gasteiger partial charge in [0, 0.05) is 11.4 Å². The second-order valence-corrected chi connectivity index (χ2v) is 6.37. The van der Waals surface area contributed by atoms with Crippen LogP contribution < -0.4 is 0 Å². The molecule has 1 aromatic rings. The number of carbonyl (C=O) groups excluding carboxylic acids is 2. The van der Waals surface area contributed by atoms with Crippen LogP contribution in [0.5, 0.6) is 0 Å². The van der Waals surface area contributed by atoms with Crippen molar-refractivity contribution in [3.63, 3.8) is 0 Å². The molecular formula is C15H23NO3S. The number of rotatable bonds is 8. The summed E-state index contributed by atoms with van der Waals surface area (Å²) in [6.07, 6.45) is 0.918. The maximum absolute atomic E-state index is 12.2. The SMILES string of the molecule is CCOC(=O)C(C)(C)C(=O)CN(C)CCc1cccs1. The average molecular weight is 297 g/mol. The molecule has 0 unspecified atom stereocenters. The van der Waals surface area contributed by atoms with Gasteiger partial charge >= 0.3 is 5.97 Å². The van der Waals surface area contributed by atoms with Crippen molar-refractivity contribution in [1.82, 2.24) is 4.90 Å². The molecule has 0 aromatic carbocycles. The highest BCUT2D eigenvalue weighted by Gasteiger charge is 2.37. The van der Waals surface area contributed by atoms with Crippen LogP contribution in [0, 0.1) is 5.41 Å². The Hall–Kier alpha value is -1.20. The Bertz CT molecular complexity index is 440. The third kappa shape index (κ3) is 4.72. The summed E-state index contributed by atoms with van der Waals surface area (Å²) in [6, 6.07) is 4.11. The first kappa shape index (κ1) is 16.9. The van der Waals surface area contributed by atoms with Gasteiger partial charge in [0.1, 0.15) is 5.41 Å².